The van der Waals surface area contributed by atoms with Crippen LogP contribution in [0.25, 0.3) is 0 Å². The molecule has 14 nitrogen and oxygen atoms in total. The normalized spacial score (nSPS) is 28.5. The van der Waals surface area contributed by atoms with E-state index in [0.717, 1.165) is 160 Å². The molecule has 502 valence electrons. The molecule has 9 fully saturated rings. The van der Waals surface area contributed by atoms with E-state index in [1.54, 1.807) is 30.3 Å². The number of benzene rings is 6. The van der Waals surface area contributed by atoms with Gasteiger partial charge in [0.25, 0.3) is 0 Å². The van der Waals surface area contributed by atoms with Crippen LogP contribution in [0.1, 0.15) is 207 Å². The molecule has 0 spiro atoms. The summed E-state index contributed by atoms with van der Waals surface area (Å²) in [6.07, 6.45) is 24.8. The van der Waals surface area contributed by atoms with Crippen LogP contribution in [0.3, 0.4) is 0 Å². The van der Waals surface area contributed by atoms with Crippen LogP contribution in [0.2, 0.25) is 0 Å². The lowest BCUT2D eigenvalue weighted by Crippen LogP contribution is -2.58. The van der Waals surface area contributed by atoms with Crippen LogP contribution in [0.5, 0.6) is 0 Å². The number of nitro groups is 1. The van der Waals surface area contributed by atoms with Crippen molar-refractivity contribution < 1.29 is 33.7 Å². The van der Waals surface area contributed by atoms with Gasteiger partial charge >= 0.3 is 5.54 Å². The van der Waals surface area contributed by atoms with Crippen LogP contribution in [-0.2, 0) is 62.0 Å². The van der Waals surface area contributed by atoms with Crippen molar-refractivity contribution in [3.63, 3.8) is 0 Å². The number of likely N-dealkylation sites (tertiary alicyclic amines) is 3. The van der Waals surface area contributed by atoms with Gasteiger partial charge in [-0.2, -0.15) is 0 Å². The van der Waals surface area contributed by atoms with Gasteiger partial charge in [0.1, 0.15) is 27.7 Å². The molecule has 6 aliphatic carbocycles. The fourth-order valence-electron chi connectivity index (χ4n) is 16.3. The number of Topliss-reactive ketones (excluding diaryl/α,β-unsaturated/α-hetero) is 6. The van der Waals surface area contributed by atoms with Crippen LogP contribution >= 0.6 is 0 Å². The predicted octanol–water partition coefficient (Wildman–Crippen LogP) is 14.5. The van der Waals surface area contributed by atoms with E-state index in [-0.39, 0.29) is 34.0 Å². The molecule has 6 atom stereocenters. The Morgan fingerprint density at radius 3 is 0.737 bits per heavy atom. The lowest BCUT2D eigenvalue weighted by Gasteiger charge is -2.50. The van der Waals surface area contributed by atoms with Gasteiger partial charge in [0.2, 0.25) is 5.78 Å². The van der Waals surface area contributed by atoms with E-state index in [0.29, 0.717) is 48.6 Å². The molecule has 0 bridgehead atoms. The number of nitrogens with zero attached hydrogens (tertiary/aromatic N) is 4. The maximum absolute atomic E-state index is 12.5. The van der Waals surface area contributed by atoms with Gasteiger partial charge in [-0.1, -0.05) is 214 Å². The van der Waals surface area contributed by atoms with E-state index in [1.807, 2.05) is 78.9 Å². The highest BCUT2D eigenvalue weighted by molar-refractivity contribution is 5.93. The zero-order valence-corrected chi connectivity index (χ0v) is 55.9. The van der Waals surface area contributed by atoms with Crippen LogP contribution in [-0.4, -0.2) is 93.6 Å². The van der Waals surface area contributed by atoms with Gasteiger partial charge in [0.05, 0.1) is 0 Å². The Hall–Kier alpha value is -7.46. The maximum Gasteiger partial charge on any atom is 0.304 e. The first kappa shape index (κ1) is 70.3. The summed E-state index contributed by atoms with van der Waals surface area (Å²) in [6.45, 7) is 6.50. The average molecular weight is 1290 g/mol. The minimum atomic E-state index is -1.49. The first-order valence-corrected chi connectivity index (χ1v) is 35.7. The molecule has 6 aromatic rings. The standard InChI is InChI=1S/3C15H19NO.C12H13NO3.2C12H15NO/c3*17-14-9-4-5-10-15(14,16-11-6-12-16)13-7-2-1-3-8-13;14-11-8-4-5-9-12(11,13(15)16)10-6-2-1-3-7-10;2*13-12(9-5-4-8-11(12)14)10-6-2-1-3-7-10/h3*1-3,7-8H,4-6,9-12H2;1-3,6-7H,4-5,8-9H2;2*1-3,6-7H,4-5,8-9,13H2/t2*15-;;;;/m10..../s1. The molecule has 3 heterocycles. The second-order valence-corrected chi connectivity index (χ2v) is 27.6. The zero-order valence-electron chi connectivity index (χ0n) is 55.9. The van der Waals surface area contributed by atoms with Gasteiger partial charge < -0.3 is 11.5 Å². The number of hydrogen-bond acceptors (Lipinski definition) is 13. The predicted molar refractivity (Wildman–Crippen MR) is 374 cm³/mol. The van der Waals surface area contributed by atoms with E-state index >= 15 is 0 Å². The molecule has 3 aliphatic heterocycles. The molecule has 6 saturated carbocycles. The Balaban J connectivity index is 0.000000124. The summed E-state index contributed by atoms with van der Waals surface area (Å²) in [7, 11) is 0. The smallest absolute Gasteiger partial charge is 0.304 e. The SMILES string of the molecule is NC1(c2ccccc2)CCCCC1=O.NC1(c2ccccc2)CCCCC1=O.O=C1CCCCC1(c1ccccc1)N1CCC1.O=C1CCCCC1(c1ccccc1)[N+](=O)[O-].O=C1CCCC[C@@]1(c1ccccc1)N1CCC1.O=C1CCCC[C@]1(c1ccccc1)N1CCC1. The summed E-state index contributed by atoms with van der Waals surface area (Å²) >= 11 is 0. The summed E-state index contributed by atoms with van der Waals surface area (Å²) in [5, 5.41) is 11.3. The van der Waals surface area contributed by atoms with E-state index < -0.39 is 21.5 Å². The second kappa shape index (κ2) is 32.5. The fraction of sp³-hybridized carbons (Fsp3) is 0.481. The molecule has 9 aliphatic rings. The number of carbonyl (C=O) groups is 6. The summed E-state index contributed by atoms with van der Waals surface area (Å²) in [5.41, 5.74) is 14.7. The van der Waals surface area contributed by atoms with Crippen molar-refractivity contribution >= 4 is 34.7 Å². The topological polar surface area (TPSA) is 207 Å². The van der Waals surface area contributed by atoms with Gasteiger partial charge in [-0.3, -0.25) is 53.6 Å². The summed E-state index contributed by atoms with van der Waals surface area (Å²) in [5.74, 6) is 1.44. The van der Waals surface area contributed by atoms with E-state index in [1.165, 1.54) is 55.2 Å². The highest BCUT2D eigenvalue weighted by Crippen LogP contribution is 2.46. The Labute approximate surface area is 563 Å². The quantitative estimate of drug-likeness (QED) is 0.0968. The van der Waals surface area contributed by atoms with Crippen LogP contribution in [0.15, 0.2) is 182 Å². The molecule has 0 radical (unpaired) electrons. The molecule has 95 heavy (non-hydrogen) atoms. The monoisotopic (exact) mass is 1280 g/mol. The molecule has 15 rings (SSSR count). The van der Waals surface area contributed by atoms with Crippen molar-refractivity contribution in [2.75, 3.05) is 39.3 Å². The number of nitrogens with two attached hydrogens (primary N) is 2. The fourth-order valence-corrected chi connectivity index (χ4v) is 16.3. The van der Waals surface area contributed by atoms with Gasteiger partial charge in [-0.15, -0.1) is 0 Å². The average Bonchev–Trinajstić information content (AvgIpc) is 0.768. The van der Waals surface area contributed by atoms with Crippen molar-refractivity contribution in [2.24, 2.45) is 11.5 Å². The van der Waals surface area contributed by atoms with Crippen LogP contribution in [0, 0.1) is 10.1 Å². The van der Waals surface area contributed by atoms with Crippen molar-refractivity contribution in [2.45, 2.75) is 207 Å². The van der Waals surface area contributed by atoms with Crippen molar-refractivity contribution in [3.05, 3.63) is 225 Å². The third-order valence-electron chi connectivity index (χ3n) is 22.1. The number of ketones is 6. The molecule has 4 N–H and O–H groups in total. The zero-order chi connectivity index (χ0) is 66.8. The Kier molecular flexibility index (Phi) is 24.1. The number of hydrogen-bond donors (Lipinski definition) is 2. The Bertz CT molecular complexity index is 3250. The van der Waals surface area contributed by atoms with Crippen molar-refractivity contribution in [1.82, 2.24) is 14.7 Å². The van der Waals surface area contributed by atoms with Gasteiger partial charge in [-0.25, -0.2) is 0 Å². The minimum Gasteiger partial charge on any atom is -0.315 e. The second-order valence-electron chi connectivity index (χ2n) is 27.6. The molecular weight excluding hydrogens is 1180 g/mol. The van der Waals surface area contributed by atoms with Crippen LogP contribution < -0.4 is 11.5 Å². The van der Waals surface area contributed by atoms with E-state index in [4.69, 9.17) is 11.5 Å². The first-order chi connectivity index (χ1) is 46.2. The number of carbonyl (C=O) groups excluding carboxylic acids is 6. The van der Waals surface area contributed by atoms with Gasteiger partial charge in [-0.05, 0) is 124 Å². The Morgan fingerprint density at radius 2 is 0.505 bits per heavy atom. The highest BCUT2D eigenvalue weighted by atomic mass is 16.6. The molecule has 0 aromatic heterocycles. The minimum absolute atomic E-state index is 0.190. The summed E-state index contributed by atoms with van der Waals surface area (Å²) < 4.78 is 0. The van der Waals surface area contributed by atoms with Gasteiger partial charge in [0, 0.05) is 94.7 Å². The Morgan fingerprint density at radius 1 is 0.274 bits per heavy atom. The molecule has 14 heteroatoms. The van der Waals surface area contributed by atoms with E-state index in [2.05, 4.69) is 87.5 Å². The molecule has 4 unspecified atom stereocenters. The van der Waals surface area contributed by atoms with E-state index in [9.17, 15) is 38.9 Å². The lowest BCUT2D eigenvalue weighted by atomic mass is 9.73. The summed E-state index contributed by atoms with van der Waals surface area (Å²) in [6, 6.07) is 59.2. The third-order valence-corrected chi connectivity index (χ3v) is 22.1. The van der Waals surface area contributed by atoms with Crippen LogP contribution in [0.4, 0.5) is 0 Å². The summed E-state index contributed by atoms with van der Waals surface area (Å²) in [4.78, 5) is 91.1. The molecule has 3 saturated heterocycles. The molecule has 0 amide bonds. The highest BCUT2D eigenvalue weighted by Gasteiger charge is 2.54. The largest absolute Gasteiger partial charge is 0.315 e. The lowest BCUT2D eigenvalue weighted by molar-refractivity contribution is -0.563. The van der Waals surface area contributed by atoms with Crippen molar-refractivity contribution in [3.8, 4) is 0 Å². The van der Waals surface area contributed by atoms with Crippen molar-refractivity contribution in [1.29, 1.82) is 0 Å². The first-order valence-electron chi connectivity index (χ1n) is 35.7. The molecule has 6 aromatic carbocycles. The third kappa shape index (κ3) is 15.1. The maximum atomic E-state index is 12.5. The number of rotatable bonds is 10. The molecular formula is C81H100N6O8. The van der Waals surface area contributed by atoms with Gasteiger partial charge in [0.15, 0.2) is 28.9 Å².